The van der Waals surface area contributed by atoms with Crippen molar-refractivity contribution >= 4 is 23.5 Å². The first-order valence-corrected chi connectivity index (χ1v) is 16.4. The van der Waals surface area contributed by atoms with Crippen LogP contribution in [-0.2, 0) is 21.9 Å². The number of hydrogen-bond donors (Lipinski definition) is 2. The molecule has 1 saturated heterocycles. The Morgan fingerprint density at radius 2 is 1.72 bits per heavy atom. The molecule has 6 aliphatic rings. The molecule has 254 valence electrons. The molecule has 1 amide bonds. The molecule has 14 heteroatoms. The summed E-state index contributed by atoms with van der Waals surface area (Å²) < 4.78 is 83.0. The highest BCUT2D eigenvalue weighted by molar-refractivity contribution is 5.99. The Labute approximate surface area is 268 Å². The van der Waals surface area contributed by atoms with Crippen LogP contribution >= 0.6 is 0 Å². The minimum absolute atomic E-state index is 0.206. The molecule has 0 atom stereocenters. The average Bonchev–Trinajstić information content (AvgIpc) is 3.45. The number of rotatable bonds is 9. The van der Waals surface area contributed by atoms with Gasteiger partial charge in [-0.25, -0.2) is 14.8 Å². The van der Waals surface area contributed by atoms with Crippen LogP contribution in [0.25, 0.3) is 0 Å². The van der Waals surface area contributed by atoms with Gasteiger partial charge in [0.25, 0.3) is 5.91 Å². The minimum atomic E-state index is -6.07. The number of carboxylic acids is 1. The number of anilines is 2. The maximum atomic E-state index is 15.1. The van der Waals surface area contributed by atoms with E-state index in [2.05, 4.69) is 15.3 Å². The van der Waals surface area contributed by atoms with Crippen LogP contribution in [-0.4, -0.2) is 65.0 Å². The summed E-state index contributed by atoms with van der Waals surface area (Å²) in [5, 5.41) is 12.8. The van der Waals surface area contributed by atoms with E-state index in [1.54, 1.807) is 12.1 Å². The zero-order valence-corrected chi connectivity index (χ0v) is 25.7. The summed E-state index contributed by atoms with van der Waals surface area (Å²) >= 11 is 0. The number of alkyl halides is 5. The van der Waals surface area contributed by atoms with Crippen LogP contribution in [0.1, 0.15) is 73.0 Å². The Morgan fingerprint density at radius 1 is 1.04 bits per heavy atom. The van der Waals surface area contributed by atoms with E-state index in [1.807, 2.05) is 6.07 Å². The van der Waals surface area contributed by atoms with Crippen molar-refractivity contribution < 1.29 is 46.1 Å². The maximum absolute atomic E-state index is 15.1. The van der Waals surface area contributed by atoms with Gasteiger partial charge in [-0.2, -0.15) is 22.0 Å². The van der Waals surface area contributed by atoms with Crippen molar-refractivity contribution in [3.63, 3.8) is 0 Å². The number of hydrogen-bond acceptors (Lipinski definition) is 7. The number of halogens is 5. The predicted octanol–water partition coefficient (Wildman–Crippen LogP) is 6.03. The number of nitrogens with one attached hydrogen (secondary N) is 1. The molecular formula is C33H37F5N4O5. The fourth-order valence-electron chi connectivity index (χ4n) is 8.89. The minimum Gasteiger partial charge on any atom is -0.494 e. The fourth-order valence-corrected chi connectivity index (χ4v) is 8.89. The zero-order valence-electron chi connectivity index (χ0n) is 25.7. The normalized spacial score (nSPS) is 28.7. The number of fused-ring (bicyclic) bond motifs is 1. The van der Waals surface area contributed by atoms with Gasteiger partial charge in [0.05, 0.1) is 12.2 Å². The van der Waals surface area contributed by atoms with Gasteiger partial charge in [0, 0.05) is 31.6 Å². The number of ether oxygens (including phenoxy) is 2. The van der Waals surface area contributed by atoms with E-state index in [1.165, 1.54) is 4.90 Å². The van der Waals surface area contributed by atoms with Crippen LogP contribution in [0, 0.1) is 29.6 Å². The molecule has 47 heavy (non-hydrogen) atoms. The first-order chi connectivity index (χ1) is 22.4. The highest BCUT2D eigenvalue weighted by Crippen LogP contribution is 2.58. The molecule has 4 bridgehead atoms. The number of nitrogens with zero attached hydrogens (tertiary/aromatic N) is 3. The Bertz CT molecular complexity index is 1520. The first-order valence-electron chi connectivity index (χ1n) is 16.4. The van der Waals surface area contributed by atoms with Gasteiger partial charge in [0.15, 0.2) is 0 Å². The summed E-state index contributed by atoms with van der Waals surface area (Å²) in [5.41, 5.74) is -3.35. The third-order valence-electron chi connectivity index (χ3n) is 11.1. The van der Waals surface area contributed by atoms with E-state index in [0.29, 0.717) is 74.1 Å². The summed E-state index contributed by atoms with van der Waals surface area (Å²) in [6.45, 7) is 2.21. The number of carboxylic acid groups (broad SMARTS) is 1. The Morgan fingerprint density at radius 3 is 2.36 bits per heavy atom. The number of aromatic nitrogens is 2. The lowest BCUT2D eigenvalue weighted by Gasteiger charge is -2.59. The van der Waals surface area contributed by atoms with Crippen molar-refractivity contribution in [3.05, 3.63) is 41.2 Å². The maximum Gasteiger partial charge on any atom is 0.459 e. The monoisotopic (exact) mass is 664 g/mol. The van der Waals surface area contributed by atoms with E-state index in [-0.39, 0.29) is 6.54 Å². The standard InChI is InChI=1S/C33H37F5N4O5/c34-32(35,33(36,37)38)27-25(28(43)41-31(29(44)45)22-12-19-11-20(14-22)15-23(31)13-19)17-39-30(40-27)42-7-3-21-16-24(1-2-26(21)42)47-10-6-18-4-8-46-9-5-18/h1-2,16-20,22-23H,3-15H2,(H,41,43)(H,44,45). The van der Waals surface area contributed by atoms with E-state index in [9.17, 15) is 27.9 Å². The summed E-state index contributed by atoms with van der Waals surface area (Å²) in [7, 11) is 0. The molecule has 0 radical (unpaired) electrons. The first kappa shape index (κ1) is 32.0. The molecule has 0 spiro atoms. The lowest BCUT2D eigenvalue weighted by molar-refractivity contribution is -0.291. The van der Waals surface area contributed by atoms with E-state index < -0.39 is 58.6 Å². The molecule has 4 aliphatic carbocycles. The zero-order chi connectivity index (χ0) is 33.1. The topological polar surface area (TPSA) is 114 Å². The summed E-state index contributed by atoms with van der Waals surface area (Å²) in [4.78, 5) is 35.5. The number of benzene rings is 1. The summed E-state index contributed by atoms with van der Waals surface area (Å²) in [6.07, 6.45) is 1.08. The Hall–Kier alpha value is -3.55. The third kappa shape index (κ3) is 5.59. The van der Waals surface area contributed by atoms with Gasteiger partial charge >= 0.3 is 18.1 Å². The molecule has 0 unspecified atom stereocenters. The summed E-state index contributed by atoms with van der Waals surface area (Å²) in [5.74, 6) is -7.69. The van der Waals surface area contributed by atoms with Gasteiger partial charge in [-0.3, -0.25) is 4.79 Å². The SMILES string of the molecule is O=C(NC1(C(=O)O)C2CC3CC(C2)CC1C3)c1cnc(N2CCc3cc(OCCC4CCOCC4)ccc32)nc1C(F)(F)C(F)(F)F. The predicted molar refractivity (Wildman–Crippen MR) is 158 cm³/mol. The van der Waals surface area contributed by atoms with E-state index >= 15 is 8.78 Å². The molecular weight excluding hydrogens is 627 g/mol. The van der Waals surface area contributed by atoms with Gasteiger partial charge in [0.2, 0.25) is 5.95 Å². The van der Waals surface area contributed by atoms with Crippen molar-refractivity contribution in [2.75, 3.05) is 31.3 Å². The van der Waals surface area contributed by atoms with Crippen molar-refractivity contribution in [2.24, 2.45) is 29.6 Å². The van der Waals surface area contributed by atoms with Crippen LogP contribution in [0.15, 0.2) is 24.4 Å². The van der Waals surface area contributed by atoms with Crippen molar-refractivity contribution in [1.82, 2.24) is 15.3 Å². The van der Waals surface area contributed by atoms with E-state index in [4.69, 9.17) is 9.47 Å². The molecule has 1 aromatic heterocycles. The molecule has 4 saturated carbocycles. The average molecular weight is 665 g/mol. The molecule has 3 heterocycles. The smallest absolute Gasteiger partial charge is 0.459 e. The Kier molecular flexibility index (Phi) is 8.07. The molecule has 5 fully saturated rings. The van der Waals surface area contributed by atoms with E-state index in [0.717, 1.165) is 44.5 Å². The van der Waals surface area contributed by atoms with Crippen LogP contribution in [0.3, 0.4) is 0 Å². The van der Waals surface area contributed by atoms with Gasteiger partial charge in [0.1, 0.15) is 17.0 Å². The van der Waals surface area contributed by atoms with Crippen molar-refractivity contribution in [2.45, 2.75) is 75.4 Å². The van der Waals surface area contributed by atoms with Gasteiger partial charge in [-0.1, -0.05) is 0 Å². The van der Waals surface area contributed by atoms with Gasteiger partial charge < -0.3 is 24.8 Å². The quantitative estimate of drug-likeness (QED) is 0.313. The summed E-state index contributed by atoms with van der Waals surface area (Å²) in [6, 6.07) is 5.19. The second-order valence-corrected chi connectivity index (χ2v) is 13.8. The molecule has 9 nitrogen and oxygen atoms in total. The number of carbonyl (C=O) groups excluding carboxylic acids is 1. The molecule has 2 aromatic rings. The highest BCUT2D eigenvalue weighted by Gasteiger charge is 2.64. The molecule has 2 N–H and O–H groups in total. The molecule has 2 aliphatic heterocycles. The fraction of sp³-hybridized carbons (Fsp3) is 0.636. The molecule has 1 aromatic carbocycles. The third-order valence-corrected chi connectivity index (χ3v) is 11.1. The van der Waals surface area contributed by atoms with Crippen LogP contribution in [0.5, 0.6) is 5.75 Å². The van der Waals surface area contributed by atoms with Crippen molar-refractivity contribution in [1.29, 1.82) is 0 Å². The largest absolute Gasteiger partial charge is 0.494 e. The number of aliphatic carboxylic acids is 1. The Balaban J connectivity index is 1.15. The van der Waals surface area contributed by atoms with Crippen LogP contribution < -0.4 is 15.0 Å². The second-order valence-electron chi connectivity index (χ2n) is 13.8. The molecule has 8 rings (SSSR count). The van der Waals surface area contributed by atoms with Gasteiger partial charge in [-0.15, -0.1) is 0 Å². The highest BCUT2D eigenvalue weighted by atomic mass is 19.4. The van der Waals surface area contributed by atoms with Gasteiger partial charge in [-0.05, 0) is 111 Å². The van der Waals surface area contributed by atoms with Crippen molar-refractivity contribution in [3.8, 4) is 5.75 Å². The second kappa shape index (κ2) is 11.9. The van der Waals surface area contributed by atoms with Crippen LogP contribution in [0.4, 0.5) is 33.6 Å². The number of amides is 1. The lowest BCUT2D eigenvalue weighted by atomic mass is 9.48. The number of carbonyl (C=O) groups is 2. The lowest BCUT2D eigenvalue weighted by Crippen LogP contribution is -2.70. The van der Waals surface area contributed by atoms with Crippen LogP contribution in [0.2, 0.25) is 0 Å².